The van der Waals surface area contributed by atoms with E-state index in [4.69, 9.17) is 37.4 Å². The number of hydrogen-bond donors (Lipinski definition) is 1. The molecule has 7 heteroatoms. The van der Waals surface area contributed by atoms with Crippen molar-refractivity contribution >= 4 is 34.8 Å². The van der Waals surface area contributed by atoms with Gasteiger partial charge in [-0.2, -0.15) is 0 Å². The third-order valence-corrected chi connectivity index (χ3v) is 3.68. The van der Waals surface area contributed by atoms with Crippen LogP contribution in [0.3, 0.4) is 0 Å². The van der Waals surface area contributed by atoms with Crippen LogP contribution in [0.1, 0.15) is 10.4 Å². The summed E-state index contributed by atoms with van der Waals surface area (Å²) < 4.78 is 15.4. The van der Waals surface area contributed by atoms with Crippen LogP contribution in [-0.4, -0.2) is 27.2 Å². The Bertz CT molecular complexity index is 734. The maximum absolute atomic E-state index is 12.4. The molecule has 0 saturated heterocycles. The van der Waals surface area contributed by atoms with E-state index in [-0.39, 0.29) is 10.9 Å². The van der Waals surface area contributed by atoms with Crippen molar-refractivity contribution in [2.24, 2.45) is 0 Å². The number of ether oxygens (including phenoxy) is 3. The van der Waals surface area contributed by atoms with Crippen molar-refractivity contribution in [2.75, 3.05) is 26.6 Å². The van der Waals surface area contributed by atoms with Gasteiger partial charge in [0.05, 0.1) is 31.4 Å². The summed E-state index contributed by atoms with van der Waals surface area (Å²) in [5.41, 5.74) is 0.867. The average Bonchev–Trinajstić information content (AvgIpc) is 2.54. The second-order valence-corrected chi connectivity index (χ2v) is 5.31. The van der Waals surface area contributed by atoms with Crippen molar-refractivity contribution in [1.82, 2.24) is 0 Å². The van der Waals surface area contributed by atoms with Crippen LogP contribution in [0.4, 0.5) is 5.69 Å². The van der Waals surface area contributed by atoms with E-state index in [1.807, 2.05) is 0 Å². The molecule has 0 saturated carbocycles. The van der Waals surface area contributed by atoms with E-state index >= 15 is 0 Å². The van der Waals surface area contributed by atoms with Gasteiger partial charge in [0.1, 0.15) is 5.75 Å². The van der Waals surface area contributed by atoms with Crippen molar-refractivity contribution in [3.05, 3.63) is 45.9 Å². The minimum atomic E-state index is -0.353. The molecule has 2 aromatic carbocycles. The maximum atomic E-state index is 12.4. The van der Waals surface area contributed by atoms with Gasteiger partial charge in [0, 0.05) is 11.3 Å². The molecule has 0 aliphatic rings. The molecule has 2 aromatic rings. The number of nitrogens with one attached hydrogen (secondary N) is 1. The summed E-state index contributed by atoms with van der Waals surface area (Å²) in [5.74, 6) is 0.920. The van der Waals surface area contributed by atoms with Crippen LogP contribution in [0.15, 0.2) is 30.3 Å². The van der Waals surface area contributed by atoms with E-state index in [1.165, 1.54) is 27.4 Å². The Morgan fingerprint density at radius 3 is 2.17 bits per heavy atom. The molecule has 0 unspecified atom stereocenters. The minimum Gasteiger partial charge on any atom is -0.495 e. The fraction of sp³-hybridized carbons (Fsp3) is 0.188. The second-order valence-electron chi connectivity index (χ2n) is 4.50. The number of anilines is 1. The van der Waals surface area contributed by atoms with Crippen molar-refractivity contribution in [1.29, 1.82) is 0 Å². The van der Waals surface area contributed by atoms with Gasteiger partial charge in [-0.15, -0.1) is 0 Å². The van der Waals surface area contributed by atoms with E-state index in [0.29, 0.717) is 33.5 Å². The second kappa shape index (κ2) is 7.44. The molecule has 0 radical (unpaired) electrons. The van der Waals surface area contributed by atoms with Crippen molar-refractivity contribution in [3.8, 4) is 17.2 Å². The molecule has 0 aliphatic heterocycles. The molecule has 1 N–H and O–H groups in total. The molecular weight excluding hydrogens is 341 g/mol. The van der Waals surface area contributed by atoms with E-state index in [9.17, 15) is 4.79 Å². The summed E-state index contributed by atoms with van der Waals surface area (Å²) in [6.45, 7) is 0. The van der Waals surface area contributed by atoms with Crippen LogP contribution < -0.4 is 19.5 Å². The fourth-order valence-electron chi connectivity index (χ4n) is 2.00. The summed E-state index contributed by atoms with van der Waals surface area (Å²) in [6.07, 6.45) is 0. The lowest BCUT2D eigenvalue weighted by molar-refractivity contribution is 0.102. The Labute approximate surface area is 144 Å². The molecule has 0 aromatic heterocycles. The molecule has 122 valence electrons. The van der Waals surface area contributed by atoms with E-state index in [0.717, 1.165) is 0 Å². The predicted molar refractivity (Wildman–Crippen MR) is 90.5 cm³/mol. The quantitative estimate of drug-likeness (QED) is 0.869. The molecule has 23 heavy (non-hydrogen) atoms. The molecule has 1 amide bonds. The first-order chi connectivity index (χ1) is 11.0. The van der Waals surface area contributed by atoms with Gasteiger partial charge in [0.15, 0.2) is 11.5 Å². The highest BCUT2D eigenvalue weighted by Gasteiger charge is 2.15. The molecule has 0 atom stereocenters. The smallest absolute Gasteiger partial charge is 0.255 e. The largest absolute Gasteiger partial charge is 0.495 e. The standard InChI is InChI=1S/C16H15Cl2NO4/c1-21-13-5-4-10(8-11(13)17)19-16(20)9-6-12(18)15(23-3)14(7-9)22-2/h4-8H,1-3H3,(H,19,20). The highest BCUT2D eigenvalue weighted by atomic mass is 35.5. The summed E-state index contributed by atoms with van der Waals surface area (Å²) in [5, 5.41) is 3.41. The average molecular weight is 356 g/mol. The first-order valence-corrected chi connectivity index (χ1v) is 7.32. The van der Waals surface area contributed by atoms with Gasteiger partial charge in [0.2, 0.25) is 0 Å². The number of hydrogen-bond acceptors (Lipinski definition) is 4. The molecule has 0 bridgehead atoms. The highest BCUT2D eigenvalue weighted by molar-refractivity contribution is 6.33. The first kappa shape index (κ1) is 17.2. The van der Waals surface area contributed by atoms with Crippen LogP contribution >= 0.6 is 23.2 Å². The molecule has 0 heterocycles. The van der Waals surface area contributed by atoms with E-state index in [1.54, 1.807) is 24.3 Å². The molecular formula is C16H15Cl2NO4. The normalized spacial score (nSPS) is 10.1. The van der Waals surface area contributed by atoms with E-state index in [2.05, 4.69) is 5.32 Å². The Morgan fingerprint density at radius 1 is 0.913 bits per heavy atom. The van der Waals surface area contributed by atoms with Gasteiger partial charge in [-0.25, -0.2) is 0 Å². The Hall–Kier alpha value is -2.11. The van der Waals surface area contributed by atoms with Crippen LogP contribution in [0.2, 0.25) is 10.0 Å². The van der Waals surface area contributed by atoms with Crippen molar-refractivity contribution in [2.45, 2.75) is 0 Å². The van der Waals surface area contributed by atoms with Crippen LogP contribution in [0, 0.1) is 0 Å². The SMILES string of the molecule is COc1ccc(NC(=O)c2cc(Cl)c(OC)c(OC)c2)cc1Cl. The first-order valence-electron chi connectivity index (χ1n) is 6.56. The number of amides is 1. The zero-order valence-electron chi connectivity index (χ0n) is 12.8. The molecule has 5 nitrogen and oxygen atoms in total. The minimum absolute atomic E-state index is 0.282. The Balaban J connectivity index is 2.27. The third-order valence-electron chi connectivity index (χ3n) is 3.11. The molecule has 0 spiro atoms. The lowest BCUT2D eigenvalue weighted by atomic mass is 10.1. The number of halogens is 2. The van der Waals surface area contributed by atoms with Gasteiger partial charge >= 0.3 is 0 Å². The Morgan fingerprint density at radius 2 is 1.61 bits per heavy atom. The zero-order valence-corrected chi connectivity index (χ0v) is 14.3. The predicted octanol–water partition coefficient (Wildman–Crippen LogP) is 4.27. The Kier molecular flexibility index (Phi) is 5.58. The molecule has 0 fully saturated rings. The summed E-state index contributed by atoms with van der Waals surface area (Å²) in [7, 11) is 4.47. The summed E-state index contributed by atoms with van der Waals surface area (Å²) >= 11 is 12.1. The lowest BCUT2D eigenvalue weighted by Gasteiger charge is -2.12. The van der Waals surface area contributed by atoms with Gasteiger partial charge in [-0.1, -0.05) is 23.2 Å². The number of carbonyl (C=O) groups excluding carboxylic acids is 1. The number of rotatable bonds is 5. The lowest BCUT2D eigenvalue weighted by Crippen LogP contribution is -2.12. The molecule has 0 aliphatic carbocycles. The van der Waals surface area contributed by atoms with Gasteiger partial charge < -0.3 is 19.5 Å². The highest BCUT2D eigenvalue weighted by Crippen LogP contribution is 2.36. The van der Waals surface area contributed by atoms with Crippen LogP contribution in [0.5, 0.6) is 17.2 Å². The zero-order chi connectivity index (χ0) is 17.0. The monoisotopic (exact) mass is 355 g/mol. The number of methoxy groups -OCH3 is 3. The van der Waals surface area contributed by atoms with Gasteiger partial charge in [-0.05, 0) is 30.3 Å². The van der Waals surface area contributed by atoms with Crippen molar-refractivity contribution in [3.63, 3.8) is 0 Å². The van der Waals surface area contributed by atoms with Crippen molar-refractivity contribution < 1.29 is 19.0 Å². The van der Waals surface area contributed by atoms with Gasteiger partial charge in [-0.3, -0.25) is 4.79 Å². The van der Waals surface area contributed by atoms with Crippen LogP contribution in [0.25, 0.3) is 0 Å². The topological polar surface area (TPSA) is 56.8 Å². The van der Waals surface area contributed by atoms with Crippen LogP contribution in [-0.2, 0) is 0 Å². The van der Waals surface area contributed by atoms with E-state index < -0.39 is 0 Å². The van der Waals surface area contributed by atoms with Gasteiger partial charge in [0.25, 0.3) is 5.91 Å². The molecule has 2 rings (SSSR count). The third kappa shape index (κ3) is 3.81. The maximum Gasteiger partial charge on any atom is 0.255 e. The fourth-order valence-corrected chi connectivity index (χ4v) is 2.54. The summed E-state index contributed by atoms with van der Waals surface area (Å²) in [6, 6.07) is 8.00. The number of carbonyl (C=O) groups is 1. The number of benzene rings is 2. The summed E-state index contributed by atoms with van der Waals surface area (Å²) in [4.78, 5) is 12.4.